The molecule has 2 fully saturated rings. The van der Waals surface area contributed by atoms with Crippen LogP contribution in [0.25, 0.3) is 0 Å². The summed E-state index contributed by atoms with van der Waals surface area (Å²) >= 11 is 3.68. The fraction of sp³-hybridized carbons (Fsp3) is 0.571. The van der Waals surface area contributed by atoms with Crippen molar-refractivity contribution < 1.29 is 9.59 Å². The Kier molecular flexibility index (Phi) is 6.02. The number of carbonyl (C=O) groups is 2. The number of thioether (sulfide) groups is 2. The van der Waals surface area contributed by atoms with Crippen molar-refractivity contribution in [3.63, 3.8) is 0 Å². The molecule has 0 aliphatic carbocycles. The van der Waals surface area contributed by atoms with E-state index in [-0.39, 0.29) is 12.1 Å². The van der Waals surface area contributed by atoms with E-state index >= 15 is 0 Å². The molecule has 2 aliphatic heterocycles. The van der Waals surface area contributed by atoms with Crippen LogP contribution in [0.4, 0.5) is 21.2 Å². The molecule has 2 saturated heterocycles. The second-order valence-electron chi connectivity index (χ2n) is 5.35. The number of hydrogen-bond acceptors (Lipinski definition) is 6. The van der Waals surface area contributed by atoms with Gasteiger partial charge in [0.25, 0.3) is 0 Å². The molecule has 0 saturated carbocycles. The molecule has 24 heavy (non-hydrogen) atoms. The lowest BCUT2D eigenvalue weighted by Crippen LogP contribution is -2.41. The van der Waals surface area contributed by atoms with Crippen molar-refractivity contribution >= 4 is 47.2 Å². The third kappa shape index (κ3) is 4.67. The molecule has 0 atom stereocenters. The van der Waals surface area contributed by atoms with Gasteiger partial charge in [-0.1, -0.05) is 0 Å². The van der Waals surface area contributed by atoms with Crippen LogP contribution in [-0.2, 0) is 0 Å². The zero-order valence-corrected chi connectivity index (χ0v) is 14.9. The summed E-state index contributed by atoms with van der Waals surface area (Å²) in [6.45, 7) is 2.92. The first-order valence-corrected chi connectivity index (χ1v) is 10.1. The monoisotopic (exact) mass is 368 g/mol. The van der Waals surface area contributed by atoms with Gasteiger partial charge in [-0.2, -0.15) is 23.5 Å². The summed E-state index contributed by atoms with van der Waals surface area (Å²) in [5.74, 6) is 4.47. The van der Waals surface area contributed by atoms with Gasteiger partial charge in [-0.25, -0.2) is 14.6 Å². The van der Waals surface area contributed by atoms with Crippen LogP contribution in [0.1, 0.15) is 0 Å². The van der Waals surface area contributed by atoms with Gasteiger partial charge in [0.2, 0.25) is 0 Å². The lowest BCUT2D eigenvalue weighted by atomic mass is 10.5. The van der Waals surface area contributed by atoms with Gasteiger partial charge in [-0.05, 0) is 0 Å². The van der Waals surface area contributed by atoms with Crippen LogP contribution >= 0.6 is 23.5 Å². The molecule has 0 aromatic carbocycles. The molecule has 0 unspecified atom stereocenters. The van der Waals surface area contributed by atoms with E-state index in [2.05, 4.69) is 20.6 Å². The quantitative estimate of drug-likeness (QED) is 0.825. The second-order valence-corrected chi connectivity index (χ2v) is 7.80. The lowest BCUT2D eigenvalue weighted by Gasteiger charge is -2.27. The average Bonchev–Trinajstić information content (AvgIpc) is 2.63. The van der Waals surface area contributed by atoms with E-state index in [1.165, 1.54) is 12.4 Å². The highest BCUT2D eigenvalue weighted by Gasteiger charge is 2.19. The first-order valence-electron chi connectivity index (χ1n) is 7.82. The summed E-state index contributed by atoms with van der Waals surface area (Å²) in [4.78, 5) is 36.2. The molecule has 0 bridgehead atoms. The molecule has 1 aromatic heterocycles. The molecule has 10 heteroatoms. The van der Waals surface area contributed by atoms with Crippen LogP contribution in [0.3, 0.4) is 0 Å². The SMILES string of the molecule is O=C(Nc1cncc(NC(=O)N2CCSCC2)n1)N1CCSCC1. The highest BCUT2D eigenvalue weighted by Crippen LogP contribution is 2.14. The maximum absolute atomic E-state index is 12.2. The Morgan fingerprint density at radius 2 is 1.25 bits per heavy atom. The van der Waals surface area contributed by atoms with E-state index in [1.54, 1.807) is 9.80 Å². The summed E-state index contributed by atoms with van der Waals surface area (Å²) in [6.07, 6.45) is 2.95. The molecule has 0 radical (unpaired) electrons. The summed E-state index contributed by atoms with van der Waals surface area (Å²) in [5, 5.41) is 5.48. The molecular weight excluding hydrogens is 348 g/mol. The maximum atomic E-state index is 12.2. The number of nitrogens with zero attached hydrogens (tertiary/aromatic N) is 4. The maximum Gasteiger partial charge on any atom is 0.323 e. The number of nitrogens with one attached hydrogen (secondary N) is 2. The molecular formula is C14H20N6O2S2. The zero-order valence-electron chi connectivity index (χ0n) is 13.2. The zero-order chi connectivity index (χ0) is 16.8. The highest BCUT2D eigenvalue weighted by atomic mass is 32.2. The average molecular weight is 368 g/mol. The molecule has 2 N–H and O–H groups in total. The van der Waals surface area contributed by atoms with Crippen LogP contribution < -0.4 is 10.6 Å². The van der Waals surface area contributed by atoms with E-state index in [0.717, 1.165) is 49.2 Å². The standard InChI is InChI=1S/C14H20N6O2S2/c21-13(19-1-5-23-6-2-19)17-11-9-15-10-12(16-11)18-14(22)20-3-7-24-8-4-20/h9-10H,1-8H2,(H2,16,17,18,21,22). The van der Waals surface area contributed by atoms with Crippen molar-refractivity contribution in [2.24, 2.45) is 0 Å². The van der Waals surface area contributed by atoms with Crippen molar-refractivity contribution in [1.29, 1.82) is 0 Å². The fourth-order valence-electron chi connectivity index (χ4n) is 2.40. The third-order valence-corrected chi connectivity index (χ3v) is 5.59. The van der Waals surface area contributed by atoms with Gasteiger partial charge in [0, 0.05) is 49.2 Å². The Balaban J connectivity index is 1.57. The topological polar surface area (TPSA) is 90.5 Å². The lowest BCUT2D eigenvalue weighted by molar-refractivity contribution is 0.216. The molecule has 0 spiro atoms. The molecule has 3 rings (SSSR count). The van der Waals surface area contributed by atoms with Crippen LogP contribution in [-0.4, -0.2) is 81.0 Å². The van der Waals surface area contributed by atoms with Crippen molar-refractivity contribution in [1.82, 2.24) is 19.8 Å². The summed E-state index contributed by atoms with van der Waals surface area (Å²) in [6, 6.07) is -0.359. The van der Waals surface area contributed by atoms with Gasteiger partial charge in [0.1, 0.15) is 0 Å². The van der Waals surface area contributed by atoms with E-state index in [0.29, 0.717) is 11.6 Å². The van der Waals surface area contributed by atoms with Gasteiger partial charge in [0.05, 0.1) is 12.4 Å². The van der Waals surface area contributed by atoms with E-state index in [9.17, 15) is 9.59 Å². The van der Waals surface area contributed by atoms with E-state index < -0.39 is 0 Å². The van der Waals surface area contributed by atoms with E-state index in [4.69, 9.17) is 0 Å². The van der Waals surface area contributed by atoms with Crippen LogP contribution in [0.15, 0.2) is 12.4 Å². The number of urea groups is 2. The first-order chi connectivity index (χ1) is 11.7. The van der Waals surface area contributed by atoms with Crippen molar-refractivity contribution in [3.05, 3.63) is 12.4 Å². The number of hydrogen-bond donors (Lipinski definition) is 2. The predicted octanol–water partition coefficient (Wildman–Crippen LogP) is 1.64. The number of amides is 4. The molecule has 1 aromatic rings. The van der Waals surface area contributed by atoms with Crippen molar-refractivity contribution in [2.45, 2.75) is 0 Å². The van der Waals surface area contributed by atoms with E-state index in [1.807, 2.05) is 23.5 Å². The predicted molar refractivity (Wildman–Crippen MR) is 97.9 cm³/mol. The highest BCUT2D eigenvalue weighted by molar-refractivity contribution is 7.99. The number of carbonyl (C=O) groups excluding carboxylic acids is 2. The largest absolute Gasteiger partial charge is 0.323 e. The Labute approximate surface area is 149 Å². The Morgan fingerprint density at radius 3 is 1.67 bits per heavy atom. The van der Waals surface area contributed by atoms with Gasteiger partial charge in [0.15, 0.2) is 11.6 Å². The molecule has 3 heterocycles. The minimum Gasteiger partial charge on any atom is -0.323 e. The molecule has 8 nitrogen and oxygen atoms in total. The van der Waals surface area contributed by atoms with Crippen molar-refractivity contribution in [3.8, 4) is 0 Å². The number of rotatable bonds is 2. The minimum atomic E-state index is -0.180. The van der Waals surface area contributed by atoms with Gasteiger partial charge in [-0.3, -0.25) is 15.6 Å². The van der Waals surface area contributed by atoms with Crippen LogP contribution in [0.2, 0.25) is 0 Å². The van der Waals surface area contributed by atoms with Gasteiger partial charge < -0.3 is 9.80 Å². The van der Waals surface area contributed by atoms with Gasteiger partial charge in [-0.15, -0.1) is 0 Å². The third-order valence-electron chi connectivity index (χ3n) is 3.70. The Morgan fingerprint density at radius 1 is 0.833 bits per heavy atom. The molecule has 2 aliphatic rings. The summed E-state index contributed by atoms with van der Waals surface area (Å²) in [7, 11) is 0. The summed E-state index contributed by atoms with van der Waals surface area (Å²) < 4.78 is 0. The van der Waals surface area contributed by atoms with Crippen LogP contribution in [0, 0.1) is 0 Å². The van der Waals surface area contributed by atoms with Crippen LogP contribution in [0.5, 0.6) is 0 Å². The van der Waals surface area contributed by atoms with Crippen molar-refractivity contribution in [2.75, 3.05) is 59.8 Å². The summed E-state index contributed by atoms with van der Waals surface area (Å²) in [5.41, 5.74) is 0. The van der Waals surface area contributed by atoms with Gasteiger partial charge >= 0.3 is 12.1 Å². The normalized spacial score (nSPS) is 18.2. The minimum absolute atomic E-state index is 0.180. The molecule has 4 amide bonds. The number of aromatic nitrogens is 2. The fourth-order valence-corrected chi connectivity index (χ4v) is 4.20. The molecule has 130 valence electrons. The second kappa shape index (κ2) is 8.43. The number of anilines is 2. The Bertz CT molecular complexity index is 543. The smallest absolute Gasteiger partial charge is 0.323 e. The first kappa shape index (κ1) is 17.2. The Hall–Kier alpha value is -1.68.